The van der Waals surface area contributed by atoms with E-state index in [0.717, 1.165) is 17.2 Å². The minimum absolute atomic E-state index is 0.0922. The number of aryl methyl sites for hydroxylation is 1. The summed E-state index contributed by atoms with van der Waals surface area (Å²) in [6, 6.07) is 8.91. The third kappa shape index (κ3) is 3.37. The number of aromatic nitrogens is 2. The maximum absolute atomic E-state index is 13.6. The van der Waals surface area contributed by atoms with Crippen molar-refractivity contribution in [1.82, 2.24) is 15.5 Å². The van der Waals surface area contributed by atoms with Crippen molar-refractivity contribution < 1.29 is 22.4 Å². The fourth-order valence-electron chi connectivity index (χ4n) is 2.20. The van der Waals surface area contributed by atoms with E-state index in [-0.39, 0.29) is 18.3 Å². The molecule has 0 fully saturated rings. The van der Waals surface area contributed by atoms with E-state index in [1.54, 1.807) is 0 Å². The van der Waals surface area contributed by atoms with Crippen LogP contribution < -0.4 is 5.32 Å². The highest BCUT2D eigenvalue weighted by Crippen LogP contribution is 2.21. The molecule has 8 heteroatoms. The van der Waals surface area contributed by atoms with E-state index in [2.05, 4.69) is 15.5 Å². The molecule has 3 rings (SSSR count). The van der Waals surface area contributed by atoms with E-state index in [1.807, 2.05) is 31.2 Å². The van der Waals surface area contributed by atoms with Gasteiger partial charge in [0.25, 0.3) is 5.91 Å². The third-order valence-electron chi connectivity index (χ3n) is 3.52. The summed E-state index contributed by atoms with van der Waals surface area (Å²) >= 11 is 0. The van der Waals surface area contributed by atoms with Crippen LogP contribution in [0.15, 0.2) is 40.8 Å². The quantitative estimate of drug-likeness (QED) is 0.735. The van der Waals surface area contributed by atoms with Crippen molar-refractivity contribution in [3.63, 3.8) is 0 Å². The van der Waals surface area contributed by atoms with Crippen LogP contribution in [-0.4, -0.2) is 16.1 Å². The Morgan fingerprint density at radius 2 is 1.84 bits per heavy atom. The maximum Gasteiger partial charge on any atom is 0.254 e. The van der Waals surface area contributed by atoms with Crippen LogP contribution in [-0.2, 0) is 6.54 Å². The Kier molecular flexibility index (Phi) is 4.51. The first-order valence-corrected chi connectivity index (χ1v) is 7.27. The predicted molar refractivity (Wildman–Crippen MR) is 82.0 cm³/mol. The smallest absolute Gasteiger partial charge is 0.254 e. The Hall–Kier alpha value is -3.16. The van der Waals surface area contributed by atoms with Crippen molar-refractivity contribution in [3.8, 4) is 11.5 Å². The Morgan fingerprint density at radius 3 is 2.60 bits per heavy atom. The zero-order valence-corrected chi connectivity index (χ0v) is 13.0. The van der Waals surface area contributed by atoms with Gasteiger partial charge in [-0.05, 0) is 30.7 Å². The second kappa shape index (κ2) is 6.76. The highest BCUT2D eigenvalue weighted by atomic mass is 19.2. The fraction of sp³-hybridized carbons (Fsp3) is 0.118. The molecular formula is C17H12F3N3O2. The van der Waals surface area contributed by atoms with Crippen LogP contribution in [0.5, 0.6) is 0 Å². The molecule has 3 aromatic rings. The van der Waals surface area contributed by atoms with Crippen molar-refractivity contribution in [2.24, 2.45) is 0 Å². The van der Waals surface area contributed by atoms with Gasteiger partial charge in [-0.25, -0.2) is 13.2 Å². The average Bonchev–Trinajstić information content (AvgIpc) is 3.07. The number of nitrogens with zero attached hydrogens (tertiary/aromatic N) is 2. The molecule has 128 valence electrons. The normalized spacial score (nSPS) is 10.7. The largest absolute Gasteiger partial charge is 0.419 e. The third-order valence-corrected chi connectivity index (χ3v) is 3.52. The summed E-state index contributed by atoms with van der Waals surface area (Å²) in [6.45, 7) is 1.70. The van der Waals surface area contributed by atoms with Gasteiger partial charge in [0.05, 0.1) is 12.1 Å². The van der Waals surface area contributed by atoms with Gasteiger partial charge < -0.3 is 9.73 Å². The number of carbonyl (C=O) groups is 1. The molecule has 0 unspecified atom stereocenters. The van der Waals surface area contributed by atoms with Crippen molar-refractivity contribution in [3.05, 3.63) is 70.9 Å². The van der Waals surface area contributed by atoms with Crippen LogP contribution in [0.1, 0.15) is 21.8 Å². The van der Waals surface area contributed by atoms with Gasteiger partial charge in [0.15, 0.2) is 17.5 Å². The van der Waals surface area contributed by atoms with E-state index in [4.69, 9.17) is 4.42 Å². The summed E-state index contributed by atoms with van der Waals surface area (Å²) in [7, 11) is 0. The molecule has 0 spiro atoms. The van der Waals surface area contributed by atoms with Crippen LogP contribution in [0.25, 0.3) is 11.5 Å². The zero-order chi connectivity index (χ0) is 18.0. The van der Waals surface area contributed by atoms with Crippen LogP contribution in [0.2, 0.25) is 0 Å². The van der Waals surface area contributed by atoms with Crippen LogP contribution in [0, 0.1) is 24.4 Å². The predicted octanol–water partition coefficient (Wildman–Crippen LogP) is 3.39. The van der Waals surface area contributed by atoms with Gasteiger partial charge in [0.2, 0.25) is 11.8 Å². The summed E-state index contributed by atoms with van der Waals surface area (Å²) in [5.74, 6) is -5.17. The summed E-state index contributed by atoms with van der Waals surface area (Å²) in [5.41, 5.74) is 1.07. The van der Waals surface area contributed by atoms with E-state index in [9.17, 15) is 18.0 Å². The molecule has 1 heterocycles. The first kappa shape index (κ1) is 16.7. The van der Waals surface area contributed by atoms with E-state index >= 15 is 0 Å². The highest BCUT2D eigenvalue weighted by Gasteiger charge is 2.19. The second-order valence-corrected chi connectivity index (χ2v) is 5.22. The lowest BCUT2D eigenvalue weighted by atomic mass is 10.1. The number of benzene rings is 2. The van der Waals surface area contributed by atoms with Gasteiger partial charge in [-0.2, -0.15) is 0 Å². The van der Waals surface area contributed by atoms with Crippen LogP contribution >= 0.6 is 0 Å². The fourth-order valence-corrected chi connectivity index (χ4v) is 2.20. The molecule has 1 amide bonds. The number of carbonyl (C=O) groups excluding carboxylic acids is 1. The molecule has 0 aliphatic heterocycles. The first-order chi connectivity index (χ1) is 12.0. The molecule has 0 radical (unpaired) electrons. The maximum atomic E-state index is 13.6. The lowest BCUT2D eigenvalue weighted by Crippen LogP contribution is -2.24. The minimum Gasteiger partial charge on any atom is -0.419 e. The van der Waals surface area contributed by atoms with Gasteiger partial charge >= 0.3 is 0 Å². The molecule has 0 bridgehead atoms. The van der Waals surface area contributed by atoms with Crippen molar-refractivity contribution >= 4 is 5.91 Å². The standard InChI is InChI=1S/C17H12F3N3O2/c1-9-4-2-3-5-10(9)17-23-22-13(25-17)8-21-16(24)11-6-7-12(18)15(20)14(11)19/h2-7H,8H2,1H3,(H,21,24). The molecule has 0 saturated heterocycles. The number of nitrogens with one attached hydrogen (secondary N) is 1. The summed E-state index contributed by atoms with van der Waals surface area (Å²) in [6.07, 6.45) is 0. The Bertz CT molecular complexity index is 941. The number of halogens is 3. The van der Waals surface area contributed by atoms with Crippen molar-refractivity contribution in [2.45, 2.75) is 13.5 Å². The molecule has 2 aromatic carbocycles. The lowest BCUT2D eigenvalue weighted by molar-refractivity contribution is 0.0942. The van der Waals surface area contributed by atoms with Gasteiger partial charge in [-0.3, -0.25) is 4.79 Å². The molecule has 0 aliphatic rings. The van der Waals surface area contributed by atoms with Gasteiger partial charge in [-0.15, -0.1) is 10.2 Å². The monoisotopic (exact) mass is 347 g/mol. The summed E-state index contributed by atoms with van der Waals surface area (Å²) in [5, 5.41) is 10.0. The lowest BCUT2D eigenvalue weighted by Gasteiger charge is -2.05. The topological polar surface area (TPSA) is 68.0 Å². The SMILES string of the molecule is Cc1ccccc1-c1nnc(CNC(=O)c2ccc(F)c(F)c2F)o1. The number of rotatable bonds is 4. The van der Waals surface area contributed by atoms with Gasteiger partial charge in [0, 0.05) is 5.56 Å². The van der Waals surface area contributed by atoms with E-state index in [1.165, 1.54) is 0 Å². The highest BCUT2D eigenvalue weighted by molar-refractivity contribution is 5.94. The number of hydrogen-bond donors (Lipinski definition) is 1. The van der Waals surface area contributed by atoms with Crippen molar-refractivity contribution in [1.29, 1.82) is 0 Å². The Balaban J connectivity index is 1.72. The summed E-state index contributed by atoms with van der Waals surface area (Å²) < 4.78 is 45.1. The van der Waals surface area contributed by atoms with Gasteiger partial charge in [-0.1, -0.05) is 18.2 Å². The van der Waals surface area contributed by atoms with E-state index < -0.39 is 28.9 Å². The second-order valence-electron chi connectivity index (χ2n) is 5.22. The molecule has 0 saturated carbocycles. The van der Waals surface area contributed by atoms with Crippen LogP contribution in [0.4, 0.5) is 13.2 Å². The molecule has 0 atom stereocenters. The Morgan fingerprint density at radius 1 is 1.08 bits per heavy atom. The number of amides is 1. The molecular weight excluding hydrogens is 335 g/mol. The molecule has 5 nitrogen and oxygen atoms in total. The first-order valence-electron chi connectivity index (χ1n) is 7.27. The molecule has 0 aliphatic carbocycles. The van der Waals surface area contributed by atoms with E-state index in [0.29, 0.717) is 6.07 Å². The van der Waals surface area contributed by atoms with Gasteiger partial charge in [0.1, 0.15) is 0 Å². The molecule has 1 N–H and O–H groups in total. The van der Waals surface area contributed by atoms with Crippen molar-refractivity contribution in [2.75, 3.05) is 0 Å². The van der Waals surface area contributed by atoms with Crippen LogP contribution in [0.3, 0.4) is 0 Å². The zero-order valence-electron chi connectivity index (χ0n) is 13.0. The average molecular weight is 347 g/mol. The number of hydrogen-bond acceptors (Lipinski definition) is 4. The summed E-state index contributed by atoms with van der Waals surface area (Å²) in [4.78, 5) is 11.9. The Labute approximate surface area is 140 Å². The molecule has 25 heavy (non-hydrogen) atoms. The minimum atomic E-state index is -1.70. The molecule has 1 aromatic heterocycles.